The van der Waals surface area contributed by atoms with E-state index in [-0.39, 0.29) is 5.89 Å². The van der Waals surface area contributed by atoms with Crippen molar-refractivity contribution in [3.05, 3.63) is 24.1 Å². The van der Waals surface area contributed by atoms with Crippen molar-refractivity contribution in [3.63, 3.8) is 0 Å². The minimum absolute atomic E-state index is 0.0619. The number of nitrogens with two attached hydrogens (primary N) is 1. The van der Waals surface area contributed by atoms with Gasteiger partial charge in [-0.1, -0.05) is 0 Å². The SMILES string of the molecule is COC(=O)c1nc2cc(N)ccc2o1. The van der Waals surface area contributed by atoms with Crippen LogP contribution in [0.4, 0.5) is 5.69 Å². The van der Waals surface area contributed by atoms with Gasteiger partial charge in [0.25, 0.3) is 0 Å². The lowest BCUT2D eigenvalue weighted by atomic mass is 10.3. The number of esters is 1. The number of nitrogens with zero attached hydrogens (tertiary/aromatic N) is 1. The maximum Gasteiger partial charge on any atom is 0.394 e. The van der Waals surface area contributed by atoms with E-state index in [1.54, 1.807) is 18.2 Å². The number of anilines is 1. The third-order valence-corrected chi connectivity index (χ3v) is 1.77. The molecular formula is C9H8N2O3. The van der Waals surface area contributed by atoms with Crippen LogP contribution in [0.25, 0.3) is 11.1 Å². The average Bonchev–Trinajstić information content (AvgIpc) is 2.59. The molecule has 5 nitrogen and oxygen atoms in total. The van der Waals surface area contributed by atoms with Crippen molar-refractivity contribution in [3.8, 4) is 0 Å². The number of aromatic nitrogens is 1. The third-order valence-electron chi connectivity index (χ3n) is 1.77. The van der Waals surface area contributed by atoms with Gasteiger partial charge in [-0.15, -0.1) is 0 Å². The molecule has 0 saturated heterocycles. The Labute approximate surface area is 79.5 Å². The van der Waals surface area contributed by atoms with Crippen molar-refractivity contribution in [1.82, 2.24) is 4.98 Å². The van der Waals surface area contributed by atoms with Crippen LogP contribution < -0.4 is 5.73 Å². The van der Waals surface area contributed by atoms with E-state index in [0.717, 1.165) is 0 Å². The molecule has 0 fully saturated rings. The van der Waals surface area contributed by atoms with Gasteiger partial charge in [0, 0.05) is 5.69 Å². The second kappa shape index (κ2) is 3.02. The van der Waals surface area contributed by atoms with Gasteiger partial charge in [-0.3, -0.25) is 0 Å². The second-order valence-corrected chi connectivity index (χ2v) is 2.74. The van der Waals surface area contributed by atoms with Crippen molar-refractivity contribution in [2.45, 2.75) is 0 Å². The Morgan fingerprint density at radius 1 is 1.57 bits per heavy atom. The Kier molecular flexibility index (Phi) is 1.85. The predicted molar refractivity (Wildman–Crippen MR) is 49.8 cm³/mol. The first-order valence-corrected chi connectivity index (χ1v) is 3.95. The number of carbonyl (C=O) groups excluding carboxylic acids is 1. The molecule has 2 N–H and O–H groups in total. The standard InChI is InChI=1S/C9H8N2O3/c1-13-9(12)8-11-6-4-5(10)2-3-7(6)14-8/h2-4H,10H2,1H3. The minimum atomic E-state index is -0.597. The van der Waals surface area contributed by atoms with Crippen LogP contribution in [-0.4, -0.2) is 18.1 Å². The van der Waals surface area contributed by atoms with E-state index in [9.17, 15) is 4.79 Å². The molecule has 5 heteroatoms. The number of ether oxygens (including phenoxy) is 1. The third kappa shape index (κ3) is 1.28. The Bertz CT molecular complexity index is 490. The lowest BCUT2D eigenvalue weighted by molar-refractivity contribution is 0.0559. The Hall–Kier alpha value is -2.04. The predicted octanol–water partition coefficient (Wildman–Crippen LogP) is 1.20. The molecule has 0 aliphatic heterocycles. The summed E-state index contributed by atoms with van der Waals surface area (Å²) in [7, 11) is 1.27. The molecule has 14 heavy (non-hydrogen) atoms. The first kappa shape index (κ1) is 8.55. The van der Waals surface area contributed by atoms with E-state index in [2.05, 4.69) is 9.72 Å². The quantitative estimate of drug-likeness (QED) is 0.542. The molecule has 1 aromatic carbocycles. The van der Waals surface area contributed by atoms with Gasteiger partial charge in [-0.2, -0.15) is 0 Å². The monoisotopic (exact) mass is 192 g/mol. The Balaban J connectivity index is 2.56. The summed E-state index contributed by atoms with van der Waals surface area (Å²) in [6, 6.07) is 4.96. The van der Waals surface area contributed by atoms with Gasteiger partial charge in [0.05, 0.1) is 7.11 Å². The van der Waals surface area contributed by atoms with E-state index in [4.69, 9.17) is 10.2 Å². The summed E-state index contributed by atoms with van der Waals surface area (Å²) in [5, 5.41) is 0. The second-order valence-electron chi connectivity index (χ2n) is 2.74. The van der Waals surface area contributed by atoms with Crippen LogP contribution in [0.15, 0.2) is 22.6 Å². The summed E-state index contributed by atoms with van der Waals surface area (Å²) in [5.74, 6) is -0.659. The molecule has 2 rings (SSSR count). The number of rotatable bonds is 1. The van der Waals surface area contributed by atoms with E-state index < -0.39 is 5.97 Å². The van der Waals surface area contributed by atoms with Gasteiger partial charge in [0.15, 0.2) is 5.58 Å². The lowest BCUT2D eigenvalue weighted by Crippen LogP contribution is -2.00. The highest BCUT2D eigenvalue weighted by Crippen LogP contribution is 2.18. The maximum atomic E-state index is 11.1. The van der Waals surface area contributed by atoms with Crippen LogP contribution in [-0.2, 0) is 4.74 Å². The fraction of sp³-hybridized carbons (Fsp3) is 0.111. The van der Waals surface area contributed by atoms with Gasteiger partial charge in [0.1, 0.15) is 5.52 Å². The molecule has 0 saturated carbocycles. The fourth-order valence-electron chi connectivity index (χ4n) is 1.12. The van der Waals surface area contributed by atoms with Crippen molar-refractivity contribution >= 4 is 22.8 Å². The maximum absolute atomic E-state index is 11.1. The largest absolute Gasteiger partial charge is 0.462 e. The fourth-order valence-corrected chi connectivity index (χ4v) is 1.12. The Morgan fingerprint density at radius 3 is 3.07 bits per heavy atom. The van der Waals surface area contributed by atoms with E-state index in [0.29, 0.717) is 16.8 Å². The van der Waals surface area contributed by atoms with Gasteiger partial charge in [-0.25, -0.2) is 9.78 Å². The Morgan fingerprint density at radius 2 is 2.36 bits per heavy atom. The van der Waals surface area contributed by atoms with Crippen LogP contribution in [0.3, 0.4) is 0 Å². The number of hydrogen-bond donors (Lipinski definition) is 1. The molecule has 0 bridgehead atoms. The van der Waals surface area contributed by atoms with E-state index >= 15 is 0 Å². The minimum Gasteiger partial charge on any atom is -0.462 e. The number of carbonyl (C=O) groups is 1. The summed E-state index contributed by atoms with van der Waals surface area (Å²) in [4.78, 5) is 15.0. The molecule has 0 atom stereocenters. The van der Waals surface area contributed by atoms with Gasteiger partial charge in [-0.05, 0) is 18.2 Å². The molecule has 1 heterocycles. The van der Waals surface area contributed by atoms with Crippen LogP contribution >= 0.6 is 0 Å². The molecule has 0 unspecified atom stereocenters. The summed E-state index contributed by atoms with van der Waals surface area (Å²) >= 11 is 0. The number of fused-ring (bicyclic) bond motifs is 1. The molecule has 1 aromatic heterocycles. The zero-order valence-electron chi connectivity index (χ0n) is 7.48. The molecule has 0 aliphatic rings. The van der Waals surface area contributed by atoms with Crippen LogP contribution in [0.2, 0.25) is 0 Å². The summed E-state index contributed by atoms with van der Waals surface area (Å²) < 4.78 is 9.60. The van der Waals surface area contributed by atoms with E-state index in [1.807, 2.05) is 0 Å². The number of hydrogen-bond acceptors (Lipinski definition) is 5. The zero-order valence-corrected chi connectivity index (χ0v) is 7.48. The van der Waals surface area contributed by atoms with Crippen LogP contribution in [0.5, 0.6) is 0 Å². The van der Waals surface area contributed by atoms with Crippen LogP contribution in [0, 0.1) is 0 Å². The average molecular weight is 192 g/mol. The van der Waals surface area contributed by atoms with E-state index in [1.165, 1.54) is 7.11 Å². The summed E-state index contributed by atoms with van der Waals surface area (Å²) in [5.41, 5.74) is 7.18. The van der Waals surface area contributed by atoms with Crippen molar-refractivity contribution in [2.24, 2.45) is 0 Å². The normalized spacial score (nSPS) is 10.4. The van der Waals surface area contributed by atoms with Crippen LogP contribution in [0.1, 0.15) is 10.7 Å². The summed E-state index contributed by atoms with van der Waals surface area (Å²) in [6.45, 7) is 0. The highest BCUT2D eigenvalue weighted by Gasteiger charge is 2.14. The number of oxazole rings is 1. The highest BCUT2D eigenvalue weighted by molar-refractivity contribution is 5.88. The number of methoxy groups -OCH3 is 1. The lowest BCUT2D eigenvalue weighted by Gasteiger charge is -1.88. The highest BCUT2D eigenvalue weighted by atomic mass is 16.5. The molecule has 0 amide bonds. The first-order chi connectivity index (χ1) is 6.70. The zero-order chi connectivity index (χ0) is 10.1. The molecule has 0 aliphatic carbocycles. The molecule has 72 valence electrons. The van der Waals surface area contributed by atoms with Crippen molar-refractivity contribution < 1.29 is 13.9 Å². The van der Waals surface area contributed by atoms with Gasteiger partial charge in [0.2, 0.25) is 0 Å². The topological polar surface area (TPSA) is 78.3 Å². The number of nitrogen functional groups attached to an aromatic ring is 1. The molecule has 2 aromatic rings. The van der Waals surface area contributed by atoms with Crippen molar-refractivity contribution in [2.75, 3.05) is 12.8 Å². The molecular weight excluding hydrogens is 184 g/mol. The van der Waals surface area contributed by atoms with Gasteiger partial charge < -0.3 is 14.9 Å². The smallest absolute Gasteiger partial charge is 0.394 e. The molecule has 0 radical (unpaired) electrons. The molecule has 0 spiro atoms. The first-order valence-electron chi connectivity index (χ1n) is 3.95. The number of benzene rings is 1. The van der Waals surface area contributed by atoms with Gasteiger partial charge >= 0.3 is 11.9 Å². The summed E-state index contributed by atoms with van der Waals surface area (Å²) in [6.07, 6.45) is 0. The van der Waals surface area contributed by atoms with Crippen molar-refractivity contribution in [1.29, 1.82) is 0 Å².